The van der Waals surface area contributed by atoms with Crippen molar-refractivity contribution in [3.05, 3.63) is 35.4 Å². The van der Waals surface area contributed by atoms with Crippen molar-refractivity contribution < 1.29 is 9.59 Å². The van der Waals surface area contributed by atoms with Gasteiger partial charge in [-0.15, -0.1) is 0 Å². The zero-order valence-corrected chi connectivity index (χ0v) is 14.6. The summed E-state index contributed by atoms with van der Waals surface area (Å²) in [4.78, 5) is 29.5. The molecule has 2 aliphatic heterocycles. The van der Waals surface area contributed by atoms with Crippen molar-refractivity contribution >= 4 is 11.8 Å². The Morgan fingerprint density at radius 1 is 1.17 bits per heavy atom. The Labute approximate surface area is 143 Å². The third-order valence-corrected chi connectivity index (χ3v) is 6.31. The fraction of sp³-hybridized carbons (Fsp3) is 0.600. The van der Waals surface area contributed by atoms with E-state index in [1.165, 1.54) is 11.1 Å². The quantitative estimate of drug-likeness (QED) is 0.795. The summed E-state index contributed by atoms with van der Waals surface area (Å²) in [5.41, 5.74) is 2.23. The maximum absolute atomic E-state index is 13.1. The van der Waals surface area contributed by atoms with Crippen molar-refractivity contribution in [3.63, 3.8) is 0 Å². The molecule has 0 radical (unpaired) electrons. The van der Waals surface area contributed by atoms with Crippen LogP contribution >= 0.6 is 0 Å². The van der Waals surface area contributed by atoms with Crippen molar-refractivity contribution in [1.82, 2.24) is 9.80 Å². The zero-order valence-electron chi connectivity index (χ0n) is 14.6. The largest absolute Gasteiger partial charge is 0.342 e. The summed E-state index contributed by atoms with van der Waals surface area (Å²) in [5.74, 6) is 1.36. The van der Waals surface area contributed by atoms with E-state index in [9.17, 15) is 9.59 Å². The van der Waals surface area contributed by atoms with E-state index in [0.29, 0.717) is 18.4 Å². The minimum absolute atomic E-state index is 0.243. The predicted molar refractivity (Wildman–Crippen MR) is 92.1 cm³/mol. The SMILES string of the molecule is C[C@H]1C[C@H]1C(=O)N1CCC2(CC1)Cc1ccccc1CN(C)C2=O. The van der Waals surface area contributed by atoms with E-state index in [4.69, 9.17) is 0 Å². The lowest BCUT2D eigenvalue weighted by Gasteiger charge is -2.41. The van der Waals surface area contributed by atoms with Gasteiger partial charge in [0.1, 0.15) is 0 Å². The summed E-state index contributed by atoms with van der Waals surface area (Å²) in [6.07, 6.45) is 3.43. The number of nitrogens with zero attached hydrogens (tertiary/aromatic N) is 2. The molecule has 1 aromatic carbocycles. The molecular formula is C20H26N2O2. The molecular weight excluding hydrogens is 300 g/mol. The van der Waals surface area contributed by atoms with Gasteiger partial charge in [-0.2, -0.15) is 0 Å². The zero-order chi connectivity index (χ0) is 16.9. The van der Waals surface area contributed by atoms with Gasteiger partial charge in [0, 0.05) is 32.6 Å². The van der Waals surface area contributed by atoms with Crippen LogP contribution in [0.3, 0.4) is 0 Å². The average Bonchev–Trinajstić information content (AvgIpc) is 3.33. The van der Waals surface area contributed by atoms with Crippen molar-refractivity contribution in [2.45, 2.75) is 39.2 Å². The first kappa shape index (κ1) is 15.7. The molecule has 2 atom stereocenters. The molecule has 1 saturated heterocycles. The highest BCUT2D eigenvalue weighted by atomic mass is 16.2. The van der Waals surface area contributed by atoms with Crippen LogP contribution in [0.5, 0.6) is 0 Å². The lowest BCUT2D eigenvalue weighted by molar-refractivity contribution is -0.147. The van der Waals surface area contributed by atoms with E-state index in [1.807, 2.05) is 22.9 Å². The molecule has 1 saturated carbocycles. The van der Waals surface area contributed by atoms with E-state index in [0.717, 1.165) is 38.8 Å². The number of piperidine rings is 1. The van der Waals surface area contributed by atoms with Crippen LogP contribution in [0.4, 0.5) is 0 Å². The molecule has 1 aromatic rings. The van der Waals surface area contributed by atoms with Crippen molar-refractivity contribution in [2.24, 2.45) is 17.3 Å². The smallest absolute Gasteiger partial charge is 0.229 e. The third kappa shape index (κ3) is 2.52. The minimum Gasteiger partial charge on any atom is -0.342 e. The first-order chi connectivity index (χ1) is 11.5. The summed E-state index contributed by atoms with van der Waals surface area (Å²) in [6, 6.07) is 8.40. The number of hydrogen-bond acceptors (Lipinski definition) is 2. The highest BCUT2D eigenvalue weighted by Crippen LogP contribution is 2.43. The van der Waals surface area contributed by atoms with Crippen LogP contribution in [-0.2, 0) is 22.6 Å². The molecule has 24 heavy (non-hydrogen) atoms. The highest BCUT2D eigenvalue weighted by molar-refractivity contribution is 5.85. The molecule has 4 nitrogen and oxygen atoms in total. The number of amides is 2. The van der Waals surface area contributed by atoms with Crippen LogP contribution in [0.2, 0.25) is 0 Å². The lowest BCUT2D eigenvalue weighted by Crippen LogP contribution is -2.50. The van der Waals surface area contributed by atoms with Gasteiger partial charge < -0.3 is 9.80 Å². The lowest BCUT2D eigenvalue weighted by atomic mass is 9.73. The van der Waals surface area contributed by atoms with Crippen LogP contribution in [0, 0.1) is 17.3 Å². The Morgan fingerprint density at radius 3 is 2.42 bits per heavy atom. The van der Waals surface area contributed by atoms with Gasteiger partial charge >= 0.3 is 0 Å². The van der Waals surface area contributed by atoms with Crippen molar-refractivity contribution in [1.29, 1.82) is 0 Å². The fourth-order valence-corrected chi connectivity index (χ4v) is 4.50. The summed E-state index contributed by atoms with van der Waals surface area (Å²) >= 11 is 0. The molecule has 2 amide bonds. The van der Waals surface area contributed by atoms with Crippen LogP contribution in [-0.4, -0.2) is 41.8 Å². The Balaban J connectivity index is 1.54. The minimum atomic E-state index is -0.326. The van der Waals surface area contributed by atoms with Gasteiger partial charge in [0.25, 0.3) is 0 Å². The molecule has 0 N–H and O–H groups in total. The number of carbonyl (C=O) groups is 2. The first-order valence-electron chi connectivity index (χ1n) is 9.11. The number of likely N-dealkylation sites (tertiary alicyclic amines) is 1. The molecule has 0 unspecified atom stereocenters. The molecule has 0 bridgehead atoms. The first-order valence-corrected chi connectivity index (χ1v) is 9.11. The number of rotatable bonds is 1. The summed E-state index contributed by atoms with van der Waals surface area (Å²) in [7, 11) is 1.91. The second-order valence-electron chi connectivity index (χ2n) is 8.03. The number of carbonyl (C=O) groups excluding carboxylic acids is 2. The van der Waals surface area contributed by atoms with Gasteiger partial charge in [0.2, 0.25) is 11.8 Å². The molecule has 3 aliphatic rings. The fourth-order valence-electron chi connectivity index (χ4n) is 4.50. The summed E-state index contributed by atoms with van der Waals surface area (Å²) in [6.45, 7) is 4.29. The highest BCUT2D eigenvalue weighted by Gasteiger charge is 2.48. The van der Waals surface area contributed by atoms with Crippen molar-refractivity contribution in [3.8, 4) is 0 Å². The van der Waals surface area contributed by atoms with Crippen LogP contribution in [0.1, 0.15) is 37.3 Å². The normalized spacial score (nSPS) is 28.5. The number of benzene rings is 1. The van der Waals surface area contributed by atoms with E-state index in [1.54, 1.807) is 0 Å². The Hall–Kier alpha value is -1.84. The maximum atomic E-state index is 13.1. The van der Waals surface area contributed by atoms with E-state index in [-0.39, 0.29) is 17.2 Å². The molecule has 1 spiro atoms. The number of hydrogen-bond donors (Lipinski definition) is 0. The van der Waals surface area contributed by atoms with Gasteiger partial charge in [-0.05, 0) is 42.7 Å². The second kappa shape index (κ2) is 5.61. The molecule has 0 aromatic heterocycles. The van der Waals surface area contributed by atoms with E-state index in [2.05, 4.69) is 25.1 Å². The summed E-state index contributed by atoms with van der Waals surface area (Å²) in [5, 5.41) is 0. The van der Waals surface area contributed by atoms with E-state index >= 15 is 0 Å². The summed E-state index contributed by atoms with van der Waals surface area (Å²) < 4.78 is 0. The standard InChI is InChI=1S/C20H26N2O2/c1-14-11-17(14)18(23)22-9-7-20(8-10-22)12-15-5-3-4-6-16(15)13-21(2)19(20)24/h3-6,14,17H,7-13H2,1-2H3/t14-,17+/m0/s1. The van der Waals surface area contributed by atoms with Gasteiger partial charge in [-0.1, -0.05) is 31.2 Å². The average molecular weight is 326 g/mol. The van der Waals surface area contributed by atoms with Crippen LogP contribution in [0.15, 0.2) is 24.3 Å². The molecule has 1 aliphatic carbocycles. The molecule has 2 fully saturated rings. The molecule has 4 rings (SSSR count). The van der Waals surface area contributed by atoms with Gasteiger partial charge in [0.05, 0.1) is 5.41 Å². The molecule has 128 valence electrons. The maximum Gasteiger partial charge on any atom is 0.229 e. The molecule has 2 heterocycles. The Bertz CT molecular complexity index is 676. The Morgan fingerprint density at radius 2 is 1.79 bits per heavy atom. The van der Waals surface area contributed by atoms with Crippen molar-refractivity contribution in [2.75, 3.05) is 20.1 Å². The monoisotopic (exact) mass is 326 g/mol. The van der Waals surface area contributed by atoms with E-state index < -0.39 is 0 Å². The topological polar surface area (TPSA) is 40.6 Å². The molecule has 4 heteroatoms. The van der Waals surface area contributed by atoms with Gasteiger partial charge in [-0.3, -0.25) is 9.59 Å². The Kier molecular flexibility index (Phi) is 3.66. The van der Waals surface area contributed by atoms with Crippen LogP contribution in [0.25, 0.3) is 0 Å². The van der Waals surface area contributed by atoms with Crippen LogP contribution < -0.4 is 0 Å². The van der Waals surface area contributed by atoms with Gasteiger partial charge in [0.15, 0.2) is 0 Å². The third-order valence-electron chi connectivity index (χ3n) is 6.31. The van der Waals surface area contributed by atoms with Gasteiger partial charge in [-0.25, -0.2) is 0 Å². The number of fused-ring (bicyclic) bond motifs is 1. The second-order valence-corrected chi connectivity index (χ2v) is 8.03. The predicted octanol–water partition coefficient (Wildman–Crippen LogP) is 2.47.